The molecule has 1 aliphatic rings. The number of hydrogen-bond donors (Lipinski definition) is 0. The van der Waals surface area contributed by atoms with E-state index in [2.05, 4.69) is 5.16 Å². The normalized spacial score (nSPS) is 14.1. The van der Waals surface area contributed by atoms with Crippen molar-refractivity contribution >= 4 is 17.9 Å². The van der Waals surface area contributed by atoms with Crippen LogP contribution in [-0.4, -0.2) is 54.3 Å². The average Bonchev–Trinajstić information content (AvgIpc) is 3.37. The first-order valence-corrected chi connectivity index (χ1v) is 8.08. The van der Waals surface area contributed by atoms with Crippen molar-refractivity contribution in [2.45, 2.75) is 6.42 Å². The molecule has 1 aliphatic heterocycles. The summed E-state index contributed by atoms with van der Waals surface area (Å²) < 4.78 is 15.4. The molecule has 0 N–H and O–H groups in total. The van der Waals surface area contributed by atoms with Gasteiger partial charge in [-0.2, -0.15) is 0 Å². The maximum Gasteiger partial charge on any atom is 0.311 e. The molecule has 0 unspecified atom stereocenters. The van der Waals surface area contributed by atoms with Crippen molar-refractivity contribution in [3.05, 3.63) is 47.9 Å². The molecule has 2 aromatic rings. The van der Waals surface area contributed by atoms with E-state index in [4.69, 9.17) is 14.0 Å². The molecule has 3 rings (SSSR count). The largest absolute Gasteiger partial charge is 0.497 e. The summed E-state index contributed by atoms with van der Waals surface area (Å²) in [6.07, 6.45) is 5.13. The van der Waals surface area contributed by atoms with Crippen molar-refractivity contribution in [2.24, 2.45) is 0 Å². The molecule has 26 heavy (non-hydrogen) atoms. The molecule has 0 radical (unpaired) electrons. The van der Waals surface area contributed by atoms with E-state index >= 15 is 0 Å². The minimum atomic E-state index is -0.388. The number of methoxy groups -OCH3 is 2. The summed E-state index contributed by atoms with van der Waals surface area (Å²) in [6, 6.07) is 6.78. The number of aromatic nitrogens is 1. The Kier molecular flexibility index (Phi) is 5.21. The number of carbonyl (C=O) groups is 2. The van der Waals surface area contributed by atoms with Crippen molar-refractivity contribution in [1.29, 1.82) is 0 Å². The molecule has 0 atom stereocenters. The molecule has 0 spiro atoms. The first-order chi connectivity index (χ1) is 12.6. The molecule has 1 aromatic carbocycles. The summed E-state index contributed by atoms with van der Waals surface area (Å²) in [7, 11) is 3.12. The van der Waals surface area contributed by atoms with Gasteiger partial charge in [0, 0.05) is 30.8 Å². The molecule has 0 aliphatic carbocycles. The van der Waals surface area contributed by atoms with Gasteiger partial charge in [-0.15, -0.1) is 0 Å². The molecular formula is C18H19N3O5. The maximum absolute atomic E-state index is 12.6. The van der Waals surface area contributed by atoms with Crippen molar-refractivity contribution < 1.29 is 23.6 Å². The van der Waals surface area contributed by atoms with E-state index in [-0.39, 0.29) is 17.6 Å². The van der Waals surface area contributed by atoms with Crippen LogP contribution < -0.4 is 9.47 Å². The van der Waals surface area contributed by atoms with Crippen LogP contribution in [0, 0.1) is 0 Å². The number of rotatable bonds is 5. The van der Waals surface area contributed by atoms with Crippen molar-refractivity contribution in [1.82, 2.24) is 15.2 Å². The van der Waals surface area contributed by atoms with E-state index in [1.54, 1.807) is 38.5 Å². The lowest BCUT2D eigenvalue weighted by molar-refractivity contribution is -0.135. The van der Waals surface area contributed by atoms with Crippen molar-refractivity contribution in [3.8, 4) is 11.5 Å². The molecule has 2 amide bonds. The van der Waals surface area contributed by atoms with Crippen LogP contribution in [0.2, 0.25) is 0 Å². The number of carbonyl (C=O) groups excluding carboxylic acids is 2. The van der Waals surface area contributed by atoms with Gasteiger partial charge >= 0.3 is 5.91 Å². The van der Waals surface area contributed by atoms with Gasteiger partial charge in [-0.25, -0.2) is 10.0 Å². The molecule has 136 valence electrons. The molecule has 1 fully saturated rings. The highest BCUT2D eigenvalue weighted by molar-refractivity contribution is 5.97. The summed E-state index contributed by atoms with van der Waals surface area (Å²) in [6.45, 7) is 0.903. The third kappa shape index (κ3) is 3.53. The Balaban J connectivity index is 1.77. The first-order valence-electron chi connectivity index (χ1n) is 8.08. The monoisotopic (exact) mass is 357 g/mol. The number of benzene rings is 1. The summed E-state index contributed by atoms with van der Waals surface area (Å²) in [5, 5.41) is 6.30. The van der Waals surface area contributed by atoms with E-state index < -0.39 is 0 Å². The van der Waals surface area contributed by atoms with Gasteiger partial charge in [-0.1, -0.05) is 5.16 Å². The highest BCUT2D eigenvalue weighted by Crippen LogP contribution is 2.25. The molecule has 0 saturated carbocycles. The van der Waals surface area contributed by atoms with Crippen LogP contribution in [0.1, 0.15) is 22.5 Å². The first kappa shape index (κ1) is 17.5. The number of amides is 2. The fraction of sp³-hybridized carbons (Fsp3) is 0.278. The lowest BCUT2D eigenvalue weighted by Gasteiger charge is -2.25. The maximum atomic E-state index is 12.6. The Labute approximate surface area is 150 Å². The Morgan fingerprint density at radius 3 is 2.65 bits per heavy atom. The smallest absolute Gasteiger partial charge is 0.311 e. The standard InChI is InChI=1S/C18H19N3O5/c1-24-14-5-6-15(25-2)13(12-14)4-7-17(22)20-10-3-11-21(20)18(23)16-8-9-19-26-16/h4-9,12H,3,10-11H2,1-2H3. The molecule has 2 heterocycles. The van der Waals surface area contributed by atoms with E-state index in [1.165, 1.54) is 28.4 Å². The molecule has 8 heteroatoms. The highest BCUT2D eigenvalue weighted by Gasteiger charge is 2.31. The average molecular weight is 357 g/mol. The Hall–Kier alpha value is -3.29. The second-order valence-electron chi connectivity index (χ2n) is 5.56. The number of ether oxygens (including phenoxy) is 2. The van der Waals surface area contributed by atoms with Gasteiger partial charge in [0.05, 0.1) is 20.4 Å². The molecule has 1 saturated heterocycles. The van der Waals surface area contributed by atoms with Crippen LogP contribution in [0.25, 0.3) is 6.08 Å². The summed E-state index contributed by atoms with van der Waals surface area (Å²) in [5.74, 6) is 0.677. The number of nitrogens with zero attached hydrogens (tertiary/aromatic N) is 3. The second kappa shape index (κ2) is 7.73. The number of hydrogen-bond acceptors (Lipinski definition) is 6. The minimum Gasteiger partial charge on any atom is -0.497 e. The lowest BCUT2D eigenvalue weighted by atomic mass is 10.1. The van der Waals surface area contributed by atoms with Crippen molar-refractivity contribution in [3.63, 3.8) is 0 Å². The van der Waals surface area contributed by atoms with E-state index in [0.29, 0.717) is 36.6 Å². The van der Waals surface area contributed by atoms with Gasteiger partial charge in [-0.05, 0) is 30.7 Å². The summed E-state index contributed by atoms with van der Waals surface area (Å²) >= 11 is 0. The number of hydrazine groups is 1. The van der Waals surface area contributed by atoms with Crippen molar-refractivity contribution in [2.75, 3.05) is 27.3 Å². The molecule has 1 aromatic heterocycles. The molecule has 0 bridgehead atoms. The Morgan fingerprint density at radius 1 is 1.15 bits per heavy atom. The lowest BCUT2D eigenvalue weighted by Crippen LogP contribution is -2.44. The van der Waals surface area contributed by atoms with Gasteiger partial charge in [0.25, 0.3) is 5.91 Å². The summed E-state index contributed by atoms with van der Waals surface area (Å²) in [5.41, 5.74) is 0.701. The Bertz CT molecular complexity index is 816. The van der Waals surface area contributed by atoms with Crippen LogP contribution in [0.4, 0.5) is 0 Å². The highest BCUT2D eigenvalue weighted by atomic mass is 16.5. The zero-order chi connectivity index (χ0) is 18.5. The zero-order valence-electron chi connectivity index (χ0n) is 14.5. The third-order valence-corrected chi connectivity index (χ3v) is 4.01. The van der Waals surface area contributed by atoms with Gasteiger partial charge in [0.2, 0.25) is 5.76 Å². The second-order valence-corrected chi connectivity index (χ2v) is 5.56. The fourth-order valence-electron chi connectivity index (χ4n) is 2.72. The fourth-order valence-corrected chi connectivity index (χ4v) is 2.72. The van der Waals surface area contributed by atoms with Crippen LogP contribution in [0.3, 0.4) is 0 Å². The van der Waals surface area contributed by atoms with Crippen LogP contribution in [0.15, 0.2) is 41.1 Å². The van der Waals surface area contributed by atoms with Crippen LogP contribution in [-0.2, 0) is 4.79 Å². The van der Waals surface area contributed by atoms with Gasteiger partial charge in [0.15, 0.2) is 0 Å². The molecular weight excluding hydrogens is 338 g/mol. The predicted octanol–water partition coefficient (Wildman–Crippen LogP) is 1.99. The quantitative estimate of drug-likeness (QED) is 0.761. The summed E-state index contributed by atoms with van der Waals surface area (Å²) in [4.78, 5) is 25.0. The third-order valence-electron chi connectivity index (χ3n) is 4.01. The van der Waals surface area contributed by atoms with Crippen LogP contribution in [0.5, 0.6) is 11.5 Å². The van der Waals surface area contributed by atoms with Crippen LogP contribution >= 0.6 is 0 Å². The Morgan fingerprint density at radius 2 is 1.96 bits per heavy atom. The molecule has 8 nitrogen and oxygen atoms in total. The topological polar surface area (TPSA) is 85.1 Å². The van der Waals surface area contributed by atoms with E-state index in [9.17, 15) is 9.59 Å². The van der Waals surface area contributed by atoms with Gasteiger partial charge in [0.1, 0.15) is 11.5 Å². The van der Waals surface area contributed by atoms with Gasteiger partial charge in [-0.3, -0.25) is 9.59 Å². The zero-order valence-corrected chi connectivity index (χ0v) is 14.5. The van der Waals surface area contributed by atoms with E-state index in [1.807, 2.05) is 0 Å². The SMILES string of the molecule is COc1ccc(OC)c(C=CC(=O)N2CCCN2C(=O)c2ccno2)c1. The minimum absolute atomic E-state index is 0.100. The predicted molar refractivity (Wildman–Crippen MR) is 92.4 cm³/mol. The van der Waals surface area contributed by atoms with E-state index in [0.717, 1.165) is 0 Å². The van der Waals surface area contributed by atoms with Gasteiger partial charge < -0.3 is 14.0 Å².